The molecule has 8 aromatic carbocycles. The van der Waals surface area contributed by atoms with Crippen LogP contribution < -0.4 is 0 Å². The van der Waals surface area contributed by atoms with E-state index in [0.29, 0.717) is 5.82 Å². The number of fused-ring (bicyclic) bond motifs is 5. The predicted molar refractivity (Wildman–Crippen MR) is 245 cm³/mol. The summed E-state index contributed by atoms with van der Waals surface area (Å²) in [7, 11) is 0. The van der Waals surface area contributed by atoms with Crippen LogP contribution in [-0.4, -0.2) is 15.0 Å². The predicted octanol–water partition coefficient (Wildman–Crippen LogP) is 14.5. The molecule has 0 bridgehead atoms. The molecule has 0 saturated carbocycles. The van der Waals surface area contributed by atoms with Crippen molar-refractivity contribution in [2.45, 2.75) is 19.3 Å². The number of hydrogen-bond donors (Lipinski definition) is 0. The van der Waals surface area contributed by atoms with E-state index in [-0.39, 0.29) is 5.41 Å². The van der Waals surface area contributed by atoms with Crippen LogP contribution in [0.5, 0.6) is 0 Å². The highest BCUT2D eigenvalue weighted by molar-refractivity contribution is 6.02. The molecule has 59 heavy (non-hydrogen) atoms. The molecule has 0 spiro atoms. The van der Waals surface area contributed by atoms with Crippen LogP contribution in [0.2, 0.25) is 0 Å². The van der Waals surface area contributed by atoms with Crippen molar-refractivity contribution < 1.29 is 0 Å². The third kappa shape index (κ3) is 6.02. The molecule has 0 saturated heterocycles. The van der Waals surface area contributed by atoms with Crippen LogP contribution in [0.1, 0.15) is 25.0 Å². The largest absolute Gasteiger partial charge is 0.248 e. The third-order valence-corrected chi connectivity index (χ3v) is 12.1. The highest BCUT2D eigenvalue weighted by Gasteiger charge is 2.36. The summed E-state index contributed by atoms with van der Waals surface area (Å²) in [6.07, 6.45) is 0. The molecule has 0 fully saturated rings. The molecule has 0 N–H and O–H groups in total. The maximum Gasteiger partial charge on any atom is 0.160 e. The Morgan fingerprint density at radius 3 is 1.76 bits per heavy atom. The molecule has 11 rings (SSSR count). The molecule has 0 radical (unpaired) electrons. The lowest BCUT2D eigenvalue weighted by atomic mass is 9.82. The molecule has 0 amide bonds. The molecule has 10 aromatic rings. The van der Waals surface area contributed by atoms with Crippen LogP contribution in [0.4, 0.5) is 0 Å². The molecule has 2 aromatic heterocycles. The van der Waals surface area contributed by atoms with Crippen LogP contribution in [0.3, 0.4) is 0 Å². The zero-order chi connectivity index (χ0) is 39.5. The summed E-state index contributed by atoms with van der Waals surface area (Å²) in [5.41, 5.74) is 17.5. The van der Waals surface area contributed by atoms with Crippen molar-refractivity contribution in [1.29, 1.82) is 0 Å². The summed E-state index contributed by atoms with van der Waals surface area (Å²) in [4.78, 5) is 16.0. The van der Waals surface area contributed by atoms with Gasteiger partial charge < -0.3 is 0 Å². The smallest absolute Gasteiger partial charge is 0.160 e. The van der Waals surface area contributed by atoms with E-state index in [9.17, 15) is 0 Å². The van der Waals surface area contributed by atoms with Crippen molar-refractivity contribution in [3.8, 4) is 78.5 Å². The number of rotatable bonds is 6. The van der Waals surface area contributed by atoms with Gasteiger partial charge in [-0.25, -0.2) is 15.0 Å². The van der Waals surface area contributed by atoms with Crippen LogP contribution in [0.25, 0.3) is 100 Å². The average Bonchev–Trinajstić information content (AvgIpc) is 3.53. The first-order valence-electron chi connectivity index (χ1n) is 20.3. The topological polar surface area (TPSA) is 38.7 Å². The first kappa shape index (κ1) is 34.7. The van der Waals surface area contributed by atoms with Crippen molar-refractivity contribution in [3.05, 3.63) is 211 Å². The Morgan fingerprint density at radius 1 is 0.322 bits per heavy atom. The molecular formula is C56H39N3. The number of pyridine rings is 1. The van der Waals surface area contributed by atoms with Gasteiger partial charge in [0.15, 0.2) is 5.82 Å². The lowest BCUT2D eigenvalue weighted by molar-refractivity contribution is 0.661. The van der Waals surface area contributed by atoms with E-state index in [1.807, 2.05) is 6.07 Å². The second-order valence-corrected chi connectivity index (χ2v) is 16.0. The fourth-order valence-corrected chi connectivity index (χ4v) is 9.04. The third-order valence-electron chi connectivity index (χ3n) is 12.1. The van der Waals surface area contributed by atoms with Crippen LogP contribution in [-0.2, 0) is 5.41 Å². The van der Waals surface area contributed by atoms with Gasteiger partial charge >= 0.3 is 0 Å². The molecule has 3 heteroatoms. The first-order chi connectivity index (χ1) is 29.0. The normalized spacial score (nSPS) is 12.7. The van der Waals surface area contributed by atoms with Gasteiger partial charge in [-0.1, -0.05) is 178 Å². The molecule has 1 aliphatic carbocycles. The second kappa shape index (κ2) is 13.9. The highest BCUT2D eigenvalue weighted by Crippen LogP contribution is 2.50. The van der Waals surface area contributed by atoms with Crippen molar-refractivity contribution in [2.24, 2.45) is 0 Å². The van der Waals surface area contributed by atoms with Gasteiger partial charge in [-0.05, 0) is 91.7 Å². The fourth-order valence-electron chi connectivity index (χ4n) is 9.04. The Labute approximate surface area is 344 Å². The number of aromatic nitrogens is 3. The van der Waals surface area contributed by atoms with Gasteiger partial charge in [0.25, 0.3) is 0 Å². The molecule has 1 aliphatic rings. The Bertz CT molecular complexity index is 3230. The quantitative estimate of drug-likeness (QED) is 0.170. The van der Waals surface area contributed by atoms with E-state index >= 15 is 0 Å². The van der Waals surface area contributed by atoms with Gasteiger partial charge in [-0.2, -0.15) is 0 Å². The number of hydrogen-bond acceptors (Lipinski definition) is 3. The lowest BCUT2D eigenvalue weighted by Crippen LogP contribution is -2.14. The minimum absolute atomic E-state index is 0.145. The van der Waals surface area contributed by atoms with E-state index in [1.165, 1.54) is 33.2 Å². The van der Waals surface area contributed by atoms with Crippen molar-refractivity contribution in [1.82, 2.24) is 15.0 Å². The Hall–Kier alpha value is -7.49. The van der Waals surface area contributed by atoms with Gasteiger partial charge in [0, 0.05) is 33.1 Å². The number of benzene rings is 8. The van der Waals surface area contributed by atoms with Gasteiger partial charge in [0.1, 0.15) is 0 Å². The van der Waals surface area contributed by atoms with Gasteiger partial charge in [-0.3, -0.25) is 0 Å². The van der Waals surface area contributed by atoms with E-state index < -0.39 is 0 Å². The summed E-state index contributed by atoms with van der Waals surface area (Å²) < 4.78 is 0. The van der Waals surface area contributed by atoms with E-state index in [0.717, 1.165) is 72.3 Å². The van der Waals surface area contributed by atoms with Gasteiger partial charge in [0.05, 0.1) is 22.6 Å². The van der Waals surface area contributed by atoms with E-state index in [4.69, 9.17) is 15.0 Å². The lowest BCUT2D eigenvalue weighted by Gasteiger charge is -2.22. The first-order valence-corrected chi connectivity index (χ1v) is 20.3. The SMILES string of the molecule is CC1(C)c2ccccc2-c2cc3c(-c4cccc(-c5nc(-c6ccccc6)cc(-c6cccc7ccccc67)n5)c4)cc(-c4cccc(-c5ccccc5)c4)nc3cc21. The molecule has 2 heterocycles. The standard InChI is InChI=1S/C56H39N3/c1-56(2)49-29-12-11-27-44(49)47-32-48-46(33-51(57-53(48)34-50(47)56)41-24-13-22-39(30-41)36-16-5-3-6-17-36)40-23-14-25-42(31-40)55-58-52(38-19-7-4-8-20-38)35-54(59-55)45-28-15-21-37-18-9-10-26-43(37)45/h3-35H,1-2H3. The van der Waals surface area contributed by atoms with Gasteiger partial charge in [-0.15, -0.1) is 0 Å². The fraction of sp³-hybridized carbons (Fsp3) is 0.0536. The van der Waals surface area contributed by atoms with Crippen LogP contribution in [0, 0.1) is 0 Å². The Balaban J connectivity index is 1.12. The highest BCUT2D eigenvalue weighted by atomic mass is 14.9. The van der Waals surface area contributed by atoms with Gasteiger partial charge in [0.2, 0.25) is 0 Å². The molecule has 0 unspecified atom stereocenters. The van der Waals surface area contributed by atoms with Crippen LogP contribution in [0.15, 0.2) is 200 Å². The summed E-state index contributed by atoms with van der Waals surface area (Å²) in [5, 5.41) is 3.46. The maximum absolute atomic E-state index is 5.44. The summed E-state index contributed by atoms with van der Waals surface area (Å²) >= 11 is 0. The summed E-state index contributed by atoms with van der Waals surface area (Å²) in [6.45, 7) is 4.66. The molecule has 278 valence electrons. The molecular weight excluding hydrogens is 715 g/mol. The summed E-state index contributed by atoms with van der Waals surface area (Å²) in [5.74, 6) is 0.682. The zero-order valence-corrected chi connectivity index (χ0v) is 32.9. The summed E-state index contributed by atoms with van der Waals surface area (Å²) in [6, 6.07) is 71.3. The van der Waals surface area contributed by atoms with E-state index in [2.05, 4.69) is 208 Å². The second-order valence-electron chi connectivity index (χ2n) is 16.0. The van der Waals surface area contributed by atoms with E-state index in [1.54, 1.807) is 0 Å². The minimum atomic E-state index is -0.145. The van der Waals surface area contributed by atoms with Crippen molar-refractivity contribution >= 4 is 21.7 Å². The monoisotopic (exact) mass is 753 g/mol. The minimum Gasteiger partial charge on any atom is -0.248 e. The Morgan fingerprint density at radius 2 is 0.915 bits per heavy atom. The Kier molecular flexibility index (Phi) is 8.16. The average molecular weight is 754 g/mol. The van der Waals surface area contributed by atoms with Crippen molar-refractivity contribution in [3.63, 3.8) is 0 Å². The van der Waals surface area contributed by atoms with Crippen LogP contribution >= 0.6 is 0 Å². The van der Waals surface area contributed by atoms with Crippen molar-refractivity contribution in [2.75, 3.05) is 0 Å². The molecule has 0 atom stereocenters. The zero-order valence-electron chi connectivity index (χ0n) is 32.9. The molecule has 0 aliphatic heterocycles. The maximum atomic E-state index is 5.44. The molecule has 3 nitrogen and oxygen atoms in total. The number of nitrogens with zero attached hydrogens (tertiary/aromatic N) is 3.